The maximum absolute atomic E-state index is 13.2. The summed E-state index contributed by atoms with van der Waals surface area (Å²) in [6.45, 7) is 0. The van der Waals surface area contributed by atoms with Crippen molar-refractivity contribution in [1.29, 1.82) is 0 Å². The van der Waals surface area contributed by atoms with E-state index in [2.05, 4.69) is 20.2 Å². The monoisotopic (exact) mass is 424 g/mol. The molecule has 0 aliphatic heterocycles. The van der Waals surface area contributed by atoms with Gasteiger partial charge in [0.05, 0.1) is 4.90 Å². The Hall–Kier alpha value is -3.11. The number of nitrogens with one attached hydrogen (secondary N) is 2. The number of aromatic nitrogens is 2. The van der Waals surface area contributed by atoms with Crippen LogP contribution in [0.15, 0.2) is 59.5 Å². The summed E-state index contributed by atoms with van der Waals surface area (Å²) >= 11 is 5.59. The van der Waals surface area contributed by atoms with E-state index in [9.17, 15) is 22.0 Å². The zero-order valence-electron chi connectivity index (χ0n) is 13.9. The Bertz CT molecular complexity index is 1120. The van der Waals surface area contributed by atoms with E-state index >= 15 is 0 Å². The highest BCUT2D eigenvalue weighted by Gasteiger charge is 2.16. The van der Waals surface area contributed by atoms with Crippen molar-refractivity contribution in [3.05, 3.63) is 76.9 Å². The molecule has 0 bridgehead atoms. The van der Waals surface area contributed by atoms with E-state index in [4.69, 9.17) is 11.6 Å². The quantitative estimate of drug-likeness (QED) is 0.653. The molecule has 3 aromatic rings. The van der Waals surface area contributed by atoms with Crippen LogP contribution in [-0.4, -0.2) is 24.5 Å². The summed E-state index contributed by atoms with van der Waals surface area (Å²) < 4.78 is 53.1. The second-order valence-corrected chi connectivity index (χ2v) is 7.52. The number of hydrogen-bond acceptors (Lipinski definition) is 5. The average molecular weight is 425 g/mol. The van der Waals surface area contributed by atoms with Gasteiger partial charge in [0.2, 0.25) is 0 Å². The van der Waals surface area contributed by atoms with E-state index in [1.165, 1.54) is 36.4 Å². The fourth-order valence-electron chi connectivity index (χ4n) is 2.13. The lowest BCUT2D eigenvalue weighted by molar-refractivity contribution is 0.102. The van der Waals surface area contributed by atoms with Crippen molar-refractivity contribution in [3.63, 3.8) is 0 Å². The topological polar surface area (TPSA) is 101 Å². The van der Waals surface area contributed by atoms with Gasteiger partial charge in [-0.05, 0) is 54.6 Å². The van der Waals surface area contributed by atoms with E-state index in [0.29, 0.717) is 0 Å². The minimum atomic E-state index is -3.93. The first kappa shape index (κ1) is 19.6. The van der Waals surface area contributed by atoms with Crippen molar-refractivity contribution in [2.45, 2.75) is 4.90 Å². The molecular weight excluding hydrogens is 414 g/mol. The molecule has 0 saturated carbocycles. The summed E-state index contributed by atoms with van der Waals surface area (Å²) in [6, 6.07) is 10.7. The largest absolute Gasteiger partial charge is 0.322 e. The van der Waals surface area contributed by atoms with E-state index in [1.54, 1.807) is 0 Å². The van der Waals surface area contributed by atoms with Crippen LogP contribution in [0.25, 0.3) is 0 Å². The van der Waals surface area contributed by atoms with Crippen LogP contribution in [0.1, 0.15) is 10.4 Å². The van der Waals surface area contributed by atoms with Crippen LogP contribution in [-0.2, 0) is 10.0 Å². The molecule has 144 valence electrons. The molecule has 11 heteroatoms. The van der Waals surface area contributed by atoms with Crippen molar-refractivity contribution in [2.75, 3.05) is 10.0 Å². The van der Waals surface area contributed by atoms with Gasteiger partial charge in [-0.2, -0.15) is 0 Å². The Morgan fingerprint density at radius 2 is 1.64 bits per heavy atom. The van der Waals surface area contributed by atoms with Crippen LogP contribution in [0.4, 0.5) is 20.3 Å². The van der Waals surface area contributed by atoms with Gasteiger partial charge in [0.15, 0.2) is 22.6 Å². The van der Waals surface area contributed by atoms with Gasteiger partial charge < -0.3 is 5.32 Å². The summed E-state index contributed by atoms with van der Waals surface area (Å²) in [5.74, 6) is -2.90. The molecule has 0 saturated heterocycles. The van der Waals surface area contributed by atoms with Gasteiger partial charge in [0, 0.05) is 11.3 Å². The molecule has 0 aliphatic rings. The molecule has 1 aromatic heterocycles. The lowest BCUT2D eigenvalue weighted by atomic mass is 10.2. The lowest BCUT2D eigenvalue weighted by Crippen LogP contribution is -2.15. The summed E-state index contributed by atoms with van der Waals surface area (Å²) in [7, 11) is -3.93. The molecule has 3 rings (SSSR count). The second kappa shape index (κ2) is 7.87. The maximum atomic E-state index is 13.2. The molecule has 0 aliphatic carbocycles. The minimum Gasteiger partial charge on any atom is -0.322 e. The Morgan fingerprint density at radius 3 is 2.25 bits per heavy atom. The minimum absolute atomic E-state index is 0.0138. The van der Waals surface area contributed by atoms with Crippen molar-refractivity contribution >= 4 is 39.0 Å². The first-order valence-electron chi connectivity index (χ1n) is 7.63. The second-order valence-electron chi connectivity index (χ2n) is 5.45. The van der Waals surface area contributed by atoms with E-state index in [-0.39, 0.29) is 27.1 Å². The van der Waals surface area contributed by atoms with Gasteiger partial charge in [-0.3, -0.25) is 9.52 Å². The Kier molecular flexibility index (Phi) is 5.52. The summed E-state index contributed by atoms with van der Waals surface area (Å²) in [5, 5.41) is 9.72. The van der Waals surface area contributed by atoms with Crippen LogP contribution in [0.2, 0.25) is 5.15 Å². The fraction of sp³-hybridized carbons (Fsp3) is 0. The molecule has 0 spiro atoms. The third kappa shape index (κ3) is 4.59. The number of rotatable bonds is 5. The number of carbonyl (C=O) groups excluding carboxylic acids is 1. The normalized spacial score (nSPS) is 11.1. The van der Waals surface area contributed by atoms with Gasteiger partial charge >= 0.3 is 0 Å². The number of sulfonamides is 1. The molecule has 0 unspecified atom stereocenters. The predicted molar refractivity (Wildman–Crippen MR) is 98.6 cm³/mol. The van der Waals surface area contributed by atoms with Crippen LogP contribution in [0.5, 0.6) is 0 Å². The summed E-state index contributed by atoms with van der Waals surface area (Å²) in [5.41, 5.74) is 0.179. The maximum Gasteiger partial charge on any atom is 0.263 e. The van der Waals surface area contributed by atoms with Crippen molar-refractivity contribution in [1.82, 2.24) is 10.2 Å². The van der Waals surface area contributed by atoms with E-state index in [1.807, 2.05) is 0 Å². The van der Waals surface area contributed by atoms with Gasteiger partial charge in [0.25, 0.3) is 15.9 Å². The van der Waals surface area contributed by atoms with Gasteiger partial charge in [-0.25, -0.2) is 17.2 Å². The highest BCUT2D eigenvalue weighted by Crippen LogP contribution is 2.18. The standard InChI is InChI=1S/C17H11ClF2N4O3S/c18-15-7-8-16(23-22-15)24-28(26,27)12-4-2-11(3-5-12)21-17(25)10-1-6-13(19)14(20)9-10/h1-9H,(H,21,25)(H,23,24). The Morgan fingerprint density at radius 1 is 0.929 bits per heavy atom. The molecule has 0 fully saturated rings. The highest BCUT2D eigenvalue weighted by atomic mass is 35.5. The molecular formula is C17H11ClF2N4O3S. The number of amides is 1. The molecule has 0 atom stereocenters. The third-order valence-electron chi connectivity index (χ3n) is 3.48. The number of hydrogen-bond donors (Lipinski definition) is 2. The number of carbonyl (C=O) groups is 1. The zero-order chi connectivity index (χ0) is 20.3. The predicted octanol–water partition coefficient (Wildman–Crippen LogP) is 3.46. The molecule has 1 amide bonds. The fourth-order valence-corrected chi connectivity index (χ4v) is 3.22. The van der Waals surface area contributed by atoms with E-state index < -0.39 is 27.6 Å². The Balaban J connectivity index is 1.72. The number of anilines is 2. The van der Waals surface area contributed by atoms with Crippen LogP contribution < -0.4 is 10.0 Å². The summed E-state index contributed by atoms with van der Waals surface area (Å²) in [6.07, 6.45) is 0. The molecule has 7 nitrogen and oxygen atoms in total. The number of benzene rings is 2. The van der Waals surface area contributed by atoms with Crippen LogP contribution in [0, 0.1) is 11.6 Å². The first-order chi connectivity index (χ1) is 13.2. The smallest absolute Gasteiger partial charge is 0.263 e. The van der Waals surface area contributed by atoms with Crippen molar-refractivity contribution in [2.24, 2.45) is 0 Å². The third-order valence-corrected chi connectivity index (χ3v) is 5.05. The van der Waals surface area contributed by atoms with Gasteiger partial charge in [-0.15, -0.1) is 10.2 Å². The highest BCUT2D eigenvalue weighted by molar-refractivity contribution is 7.92. The number of halogens is 3. The van der Waals surface area contributed by atoms with E-state index in [0.717, 1.165) is 18.2 Å². The van der Waals surface area contributed by atoms with Gasteiger partial charge in [-0.1, -0.05) is 11.6 Å². The summed E-state index contributed by atoms with van der Waals surface area (Å²) in [4.78, 5) is 12.0. The SMILES string of the molecule is O=C(Nc1ccc(S(=O)(=O)Nc2ccc(Cl)nn2)cc1)c1ccc(F)c(F)c1. The molecule has 2 N–H and O–H groups in total. The lowest BCUT2D eigenvalue weighted by Gasteiger charge is -2.09. The molecule has 0 radical (unpaired) electrons. The van der Waals surface area contributed by atoms with Crippen LogP contribution in [0.3, 0.4) is 0 Å². The first-order valence-corrected chi connectivity index (χ1v) is 9.49. The molecule has 1 heterocycles. The zero-order valence-corrected chi connectivity index (χ0v) is 15.4. The molecule has 2 aromatic carbocycles. The Labute approximate surface area is 163 Å². The van der Waals surface area contributed by atoms with Crippen molar-refractivity contribution in [3.8, 4) is 0 Å². The average Bonchev–Trinajstić information content (AvgIpc) is 2.66. The van der Waals surface area contributed by atoms with Crippen LogP contribution >= 0.6 is 11.6 Å². The van der Waals surface area contributed by atoms with Gasteiger partial charge in [0.1, 0.15) is 0 Å². The molecule has 28 heavy (non-hydrogen) atoms. The van der Waals surface area contributed by atoms with Crippen molar-refractivity contribution < 1.29 is 22.0 Å². The number of nitrogens with zero attached hydrogens (tertiary/aromatic N) is 2.